The van der Waals surface area contributed by atoms with Crippen molar-refractivity contribution >= 4 is 11.9 Å². The molecule has 2 aliphatic rings. The van der Waals surface area contributed by atoms with E-state index in [4.69, 9.17) is 0 Å². The molecule has 5 heteroatoms. The van der Waals surface area contributed by atoms with E-state index in [0.717, 1.165) is 24.0 Å². The van der Waals surface area contributed by atoms with E-state index in [1.165, 1.54) is 12.1 Å². The van der Waals surface area contributed by atoms with Crippen LogP contribution in [0.4, 0.5) is 4.39 Å². The van der Waals surface area contributed by atoms with Gasteiger partial charge in [-0.1, -0.05) is 18.9 Å². The van der Waals surface area contributed by atoms with Gasteiger partial charge in [0.05, 0.1) is 5.92 Å². The lowest BCUT2D eigenvalue weighted by Crippen LogP contribution is -2.43. The molecule has 2 N–H and O–H groups in total. The molecular formula is C16H18FNO3. The van der Waals surface area contributed by atoms with E-state index in [2.05, 4.69) is 5.32 Å². The number of fused-ring (bicyclic) bond motifs is 1. The van der Waals surface area contributed by atoms with Gasteiger partial charge in [-0.05, 0) is 48.4 Å². The van der Waals surface area contributed by atoms with Crippen LogP contribution in [-0.2, 0) is 16.0 Å². The Bertz CT molecular complexity index is 583. The maximum Gasteiger partial charge on any atom is 0.326 e. The van der Waals surface area contributed by atoms with Crippen molar-refractivity contribution in [2.75, 3.05) is 0 Å². The van der Waals surface area contributed by atoms with Crippen LogP contribution in [0, 0.1) is 11.7 Å². The standard InChI is InChI=1S/C16H18FNO3/c17-11-4-6-12-10(8-11)3-5-13(12)15(19)18-14(16(20)21)7-9-1-2-9/h4,6,8-9,13-14H,1-3,5,7H2,(H,18,19)(H,20,21). The van der Waals surface area contributed by atoms with Crippen LogP contribution in [0.1, 0.15) is 42.7 Å². The van der Waals surface area contributed by atoms with Crippen molar-refractivity contribution in [3.05, 3.63) is 35.1 Å². The zero-order chi connectivity index (χ0) is 15.0. The Morgan fingerprint density at radius 1 is 1.33 bits per heavy atom. The predicted octanol–water partition coefficient (Wildman–Crippen LogP) is 2.23. The lowest BCUT2D eigenvalue weighted by molar-refractivity contribution is -0.142. The van der Waals surface area contributed by atoms with Crippen LogP contribution in [0.25, 0.3) is 0 Å². The molecule has 0 spiro atoms. The Hall–Kier alpha value is -1.91. The molecule has 0 aromatic heterocycles. The molecule has 4 nitrogen and oxygen atoms in total. The minimum absolute atomic E-state index is 0.256. The summed E-state index contributed by atoms with van der Waals surface area (Å²) < 4.78 is 13.2. The van der Waals surface area contributed by atoms with Crippen LogP contribution >= 0.6 is 0 Å². The highest BCUT2D eigenvalue weighted by Crippen LogP contribution is 2.35. The zero-order valence-electron chi connectivity index (χ0n) is 11.6. The van der Waals surface area contributed by atoms with Gasteiger partial charge in [-0.2, -0.15) is 0 Å². The number of nitrogens with one attached hydrogen (secondary N) is 1. The smallest absolute Gasteiger partial charge is 0.326 e. The molecule has 1 amide bonds. The molecule has 112 valence electrons. The summed E-state index contributed by atoms with van der Waals surface area (Å²) in [5.41, 5.74) is 1.67. The van der Waals surface area contributed by atoms with Crippen LogP contribution in [0.3, 0.4) is 0 Å². The van der Waals surface area contributed by atoms with Gasteiger partial charge in [-0.15, -0.1) is 0 Å². The number of carboxylic acids is 1. The summed E-state index contributed by atoms with van der Waals surface area (Å²) in [6.07, 6.45) is 3.87. The van der Waals surface area contributed by atoms with Gasteiger partial charge in [0.1, 0.15) is 11.9 Å². The number of carbonyl (C=O) groups excluding carboxylic acids is 1. The van der Waals surface area contributed by atoms with Gasteiger partial charge in [-0.3, -0.25) is 4.79 Å². The summed E-state index contributed by atoms with van der Waals surface area (Å²) in [6.45, 7) is 0. The zero-order valence-corrected chi connectivity index (χ0v) is 11.6. The highest BCUT2D eigenvalue weighted by Gasteiger charge is 2.34. The Balaban J connectivity index is 1.70. The maximum absolute atomic E-state index is 13.2. The lowest BCUT2D eigenvalue weighted by atomic mass is 9.99. The number of hydrogen-bond donors (Lipinski definition) is 2. The predicted molar refractivity (Wildman–Crippen MR) is 74.4 cm³/mol. The summed E-state index contributed by atoms with van der Waals surface area (Å²) in [7, 11) is 0. The van der Waals surface area contributed by atoms with Gasteiger partial charge in [0, 0.05) is 0 Å². The van der Waals surface area contributed by atoms with E-state index < -0.39 is 12.0 Å². The molecule has 0 heterocycles. The normalized spacial score (nSPS) is 21.7. The van der Waals surface area contributed by atoms with E-state index >= 15 is 0 Å². The summed E-state index contributed by atoms with van der Waals surface area (Å²) in [6, 6.07) is 3.64. The Kier molecular flexibility index (Phi) is 3.66. The largest absolute Gasteiger partial charge is 0.480 e. The molecule has 1 aromatic rings. The molecule has 1 fully saturated rings. The minimum atomic E-state index is -0.979. The fourth-order valence-corrected chi connectivity index (χ4v) is 3.04. The van der Waals surface area contributed by atoms with Crippen molar-refractivity contribution in [2.24, 2.45) is 5.92 Å². The number of aryl methyl sites for hydroxylation is 1. The number of hydrogen-bond acceptors (Lipinski definition) is 2. The summed E-state index contributed by atoms with van der Waals surface area (Å²) >= 11 is 0. The van der Waals surface area contributed by atoms with Gasteiger partial charge >= 0.3 is 5.97 Å². The van der Waals surface area contributed by atoms with Gasteiger partial charge < -0.3 is 10.4 Å². The van der Waals surface area contributed by atoms with Crippen LogP contribution < -0.4 is 5.32 Å². The van der Waals surface area contributed by atoms with Crippen molar-refractivity contribution in [1.29, 1.82) is 0 Å². The van der Waals surface area contributed by atoms with Crippen LogP contribution in [0.2, 0.25) is 0 Å². The Labute approximate surface area is 122 Å². The Morgan fingerprint density at radius 3 is 2.76 bits per heavy atom. The average molecular weight is 291 g/mol. The highest BCUT2D eigenvalue weighted by atomic mass is 19.1. The number of halogens is 1. The number of carbonyl (C=O) groups is 2. The highest BCUT2D eigenvalue weighted by molar-refractivity contribution is 5.89. The fraction of sp³-hybridized carbons (Fsp3) is 0.500. The molecular weight excluding hydrogens is 273 g/mol. The number of amides is 1. The molecule has 1 aromatic carbocycles. The monoisotopic (exact) mass is 291 g/mol. The van der Waals surface area contributed by atoms with E-state index in [1.807, 2.05) is 0 Å². The van der Waals surface area contributed by atoms with E-state index in [0.29, 0.717) is 25.2 Å². The molecule has 0 radical (unpaired) electrons. The molecule has 2 atom stereocenters. The number of rotatable bonds is 5. The topological polar surface area (TPSA) is 66.4 Å². The van der Waals surface area contributed by atoms with Crippen molar-refractivity contribution in [3.8, 4) is 0 Å². The van der Waals surface area contributed by atoms with Crippen LogP contribution in [-0.4, -0.2) is 23.0 Å². The van der Waals surface area contributed by atoms with Crippen molar-refractivity contribution in [1.82, 2.24) is 5.32 Å². The molecule has 0 aliphatic heterocycles. The SMILES string of the molecule is O=C(O)C(CC1CC1)NC(=O)C1CCc2cc(F)ccc21. The molecule has 0 saturated heterocycles. The molecule has 2 aliphatic carbocycles. The number of aliphatic carboxylic acids is 1. The average Bonchev–Trinajstić information content (AvgIpc) is 3.15. The first-order valence-corrected chi connectivity index (χ1v) is 7.36. The second-order valence-electron chi connectivity index (χ2n) is 6.01. The number of benzene rings is 1. The second-order valence-corrected chi connectivity index (χ2v) is 6.01. The first kappa shape index (κ1) is 14.0. The minimum Gasteiger partial charge on any atom is -0.480 e. The Morgan fingerprint density at radius 2 is 2.10 bits per heavy atom. The number of carboxylic acid groups (broad SMARTS) is 1. The first-order chi connectivity index (χ1) is 10.0. The van der Waals surface area contributed by atoms with Crippen molar-refractivity contribution in [2.45, 2.75) is 44.1 Å². The molecule has 21 heavy (non-hydrogen) atoms. The fourth-order valence-electron chi connectivity index (χ4n) is 3.04. The third-order valence-corrected chi connectivity index (χ3v) is 4.38. The lowest BCUT2D eigenvalue weighted by Gasteiger charge is -2.18. The van der Waals surface area contributed by atoms with Crippen molar-refractivity contribution < 1.29 is 19.1 Å². The van der Waals surface area contributed by atoms with Gasteiger partial charge in [0.25, 0.3) is 0 Å². The van der Waals surface area contributed by atoms with E-state index in [-0.39, 0.29) is 17.6 Å². The third-order valence-electron chi connectivity index (χ3n) is 4.38. The van der Waals surface area contributed by atoms with Gasteiger partial charge in [0.2, 0.25) is 5.91 Å². The summed E-state index contributed by atoms with van der Waals surface area (Å²) in [5.74, 6) is -1.47. The van der Waals surface area contributed by atoms with Crippen LogP contribution in [0.5, 0.6) is 0 Å². The van der Waals surface area contributed by atoms with Gasteiger partial charge in [-0.25, -0.2) is 9.18 Å². The summed E-state index contributed by atoms with van der Waals surface area (Å²) in [4.78, 5) is 23.6. The first-order valence-electron chi connectivity index (χ1n) is 7.36. The maximum atomic E-state index is 13.2. The van der Waals surface area contributed by atoms with E-state index in [9.17, 15) is 19.1 Å². The summed E-state index contributed by atoms with van der Waals surface area (Å²) in [5, 5.41) is 11.9. The third kappa shape index (κ3) is 3.06. The van der Waals surface area contributed by atoms with Crippen LogP contribution in [0.15, 0.2) is 18.2 Å². The van der Waals surface area contributed by atoms with E-state index in [1.54, 1.807) is 6.07 Å². The molecule has 1 saturated carbocycles. The van der Waals surface area contributed by atoms with Gasteiger partial charge in [0.15, 0.2) is 0 Å². The molecule has 2 unspecified atom stereocenters. The molecule has 0 bridgehead atoms. The molecule has 3 rings (SSSR count). The quantitative estimate of drug-likeness (QED) is 0.874. The van der Waals surface area contributed by atoms with Crippen molar-refractivity contribution in [3.63, 3.8) is 0 Å². The second kappa shape index (κ2) is 5.47.